The number of aromatic nitrogens is 3. The monoisotopic (exact) mass is 469 g/mol. The highest BCUT2D eigenvalue weighted by Crippen LogP contribution is 2.41. The quantitative estimate of drug-likeness (QED) is 0.558. The van der Waals surface area contributed by atoms with Gasteiger partial charge in [-0.1, -0.05) is 4.49 Å². The summed E-state index contributed by atoms with van der Waals surface area (Å²) < 4.78 is 65.7. The average molecular weight is 469 g/mol. The summed E-state index contributed by atoms with van der Waals surface area (Å²) in [4.78, 5) is 28.3. The third kappa shape index (κ3) is 4.44. The number of pyridine rings is 1. The normalized spacial score (nSPS) is 17.2. The van der Waals surface area contributed by atoms with Crippen LogP contribution in [0.4, 0.5) is 28.3 Å². The van der Waals surface area contributed by atoms with E-state index < -0.39 is 29.6 Å². The number of nitrogens with zero attached hydrogens (tertiary/aromatic N) is 3. The van der Waals surface area contributed by atoms with E-state index in [0.29, 0.717) is 23.8 Å². The fourth-order valence-corrected chi connectivity index (χ4v) is 3.23. The first-order valence-electron chi connectivity index (χ1n) is 8.70. The third-order valence-electron chi connectivity index (χ3n) is 4.04. The smallest absolute Gasteiger partial charge is 0.417 e. The van der Waals surface area contributed by atoms with Gasteiger partial charge in [-0.2, -0.15) is 17.6 Å². The van der Waals surface area contributed by atoms with Crippen LogP contribution in [-0.4, -0.2) is 32.4 Å². The molecule has 2 amide bonds. The van der Waals surface area contributed by atoms with E-state index in [1.54, 1.807) is 0 Å². The van der Waals surface area contributed by atoms with Crippen LogP contribution in [0.5, 0.6) is 11.5 Å². The third-order valence-corrected chi connectivity index (χ3v) is 4.69. The van der Waals surface area contributed by atoms with Crippen LogP contribution >= 0.6 is 11.5 Å². The number of fused-ring (bicyclic) bond motifs is 1. The number of hydrogen-bond acceptors (Lipinski definition) is 8. The molecule has 2 N–H and O–H groups in total. The van der Waals surface area contributed by atoms with Gasteiger partial charge in [0, 0.05) is 42.6 Å². The largest absolute Gasteiger partial charge is 0.423 e. The molecule has 4 rings (SSSR count). The van der Waals surface area contributed by atoms with Gasteiger partial charge in [0.15, 0.2) is 17.2 Å². The predicted molar refractivity (Wildman–Crippen MR) is 102 cm³/mol. The molecule has 32 heavy (non-hydrogen) atoms. The fourth-order valence-electron chi connectivity index (χ4n) is 2.67. The highest BCUT2D eigenvalue weighted by atomic mass is 32.1. The summed E-state index contributed by atoms with van der Waals surface area (Å²) in [5, 5.41) is 8.32. The zero-order valence-electron chi connectivity index (χ0n) is 15.9. The van der Waals surface area contributed by atoms with E-state index >= 15 is 0 Å². The minimum atomic E-state index is -4.68. The molecule has 9 nitrogen and oxygen atoms in total. The van der Waals surface area contributed by atoms with Gasteiger partial charge in [-0.3, -0.25) is 14.6 Å². The van der Waals surface area contributed by atoms with Gasteiger partial charge in [-0.15, -0.1) is 5.10 Å². The van der Waals surface area contributed by atoms with E-state index in [4.69, 9.17) is 9.47 Å². The van der Waals surface area contributed by atoms with Crippen molar-refractivity contribution in [3.63, 3.8) is 0 Å². The molecule has 3 aromatic rings. The van der Waals surface area contributed by atoms with Crippen LogP contribution in [0.1, 0.15) is 33.3 Å². The topological polar surface area (TPSA) is 115 Å². The number of halogens is 4. The Kier molecular flexibility index (Phi) is 5.16. The summed E-state index contributed by atoms with van der Waals surface area (Å²) >= 11 is 0.650. The molecule has 0 saturated heterocycles. The van der Waals surface area contributed by atoms with Crippen LogP contribution in [0.25, 0.3) is 0 Å². The lowest BCUT2D eigenvalue weighted by Gasteiger charge is -2.10. The zero-order chi connectivity index (χ0) is 23.1. The number of carbonyl (C=O) groups is 2. The van der Waals surface area contributed by atoms with Crippen LogP contribution in [0.2, 0.25) is 0 Å². The molecule has 1 aliphatic heterocycles. The maximum atomic E-state index is 13.8. The Balaban J connectivity index is 1.48. The second kappa shape index (κ2) is 7.71. The minimum absolute atomic E-state index is 0.0646. The van der Waals surface area contributed by atoms with Crippen molar-refractivity contribution in [1.29, 1.82) is 0 Å². The molecule has 1 aliphatic rings. The van der Waals surface area contributed by atoms with Crippen molar-refractivity contribution in [3.05, 3.63) is 53.5 Å². The van der Waals surface area contributed by atoms with E-state index in [9.17, 15) is 27.2 Å². The molecule has 0 bridgehead atoms. The van der Waals surface area contributed by atoms with Gasteiger partial charge >= 0.3 is 12.2 Å². The lowest BCUT2D eigenvalue weighted by atomic mass is 10.2. The first-order chi connectivity index (χ1) is 15.0. The van der Waals surface area contributed by atoms with Gasteiger partial charge in [0.25, 0.3) is 11.8 Å². The molecule has 1 unspecified atom stereocenters. The highest BCUT2D eigenvalue weighted by molar-refractivity contribution is 7.10. The van der Waals surface area contributed by atoms with Gasteiger partial charge < -0.3 is 20.1 Å². The van der Waals surface area contributed by atoms with Crippen molar-refractivity contribution >= 4 is 34.0 Å². The molecule has 2 aromatic heterocycles. The molecule has 0 saturated carbocycles. The van der Waals surface area contributed by atoms with Crippen LogP contribution in [0, 0.1) is 0 Å². The van der Waals surface area contributed by atoms with Crippen LogP contribution < -0.4 is 20.1 Å². The lowest BCUT2D eigenvalue weighted by Crippen LogP contribution is -2.27. The minimum Gasteiger partial charge on any atom is -0.423 e. The summed E-state index contributed by atoms with van der Waals surface area (Å²) in [6.07, 6.45) is -3.14. The molecule has 0 fully saturated rings. The first-order valence-corrected chi connectivity index (χ1v) is 9.47. The lowest BCUT2D eigenvalue weighted by molar-refractivity contribution is -0.173. The number of hydrogen-bond donors (Lipinski definition) is 2. The number of nitrogens with one attached hydrogen (secondary N) is 2. The molecule has 166 valence electrons. The van der Waals surface area contributed by atoms with Gasteiger partial charge in [-0.05, 0) is 18.2 Å². The van der Waals surface area contributed by atoms with Crippen LogP contribution in [0.15, 0.2) is 36.7 Å². The van der Waals surface area contributed by atoms with Crippen molar-refractivity contribution in [2.75, 3.05) is 10.6 Å². The summed E-state index contributed by atoms with van der Waals surface area (Å²) in [5.41, 5.74) is -1.54. The SMILES string of the molecule is CC1(F)Oc2ccc(NC(=O)c3nnsc3NC(=O)c3cncc(C(F)(F)F)c3)cc2O1. The van der Waals surface area contributed by atoms with E-state index in [0.717, 1.165) is 13.1 Å². The molecule has 1 atom stereocenters. The highest BCUT2D eigenvalue weighted by Gasteiger charge is 2.37. The van der Waals surface area contributed by atoms with Gasteiger partial charge in [0.2, 0.25) is 0 Å². The second-order valence-electron chi connectivity index (χ2n) is 6.52. The van der Waals surface area contributed by atoms with E-state index in [1.165, 1.54) is 18.2 Å². The second-order valence-corrected chi connectivity index (χ2v) is 7.27. The number of anilines is 2. The van der Waals surface area contributed by atoms with Crippen molar-refractivity contribution in [3.8, 4) is 11.5 Å². The Morgan fingerprint density at radius 2 is 1.81 bits per heavy atom. The average Bonchev–Trinajstić information content (AvgIpc) is 3.29. The molecular weight excluding hydrogens is 458 g/mol. The Labute approximate surface area is 180 Å². The van der Waals surface area contributed by atoms with E-state index in [-0.39, 0.29) is 33.4 Å². The van der Waals surface area contributed by atoms with Gasteiger partial charge in [0.05, 0.1) is 11.1 Å². The number of carbonyl (C=O) groups excluding carboxylic acids is 2. The molecular formula is C18H11F4N5O4S. The standard InChI is InChI=1S/C18H11F4N5O4S/c1-17(19)30-11-3-2-10(5-12(11)31-17)24-15(29)13-16(32-27-26-13)25-14(28)8-4-9(7-23-6-8)18(20,21)22/h2-7H,1H3,(H,24,29)(H,25,28). The van der Waals surface area contributed by atoms with Crippen molar-refractivity contribution < 1.29 is 36.6 Å². The van der Waals surface area contributed by atoms with E-state index in [2.05, 4.69) is 25.2 Å². The Morgan fingerprint density at radius 1 is 1.06 bits per heavy atom. The predicted octanol–water partition coefficient (Wildman–Crippen LogP) is 3.87. The molecule has 1 aromatic carbocycles. The fraction of sp³-hybridized carbons (Fsp3) is 0.167. The molecule has 3 heterocycles. The number of ether oxygens (including phenoxy) is 2. The zero-order valence-corrected chi connectivity index (χ0v) is 16.7. The summed E-state index contributed by atoms with van der Waals surface area (Å²) in [6, 6.07) is 2.43. The first kappa shape index (κ1) is 21.4. The Bertz CT molecular complexity index is 1210. The number of benzene rings is 1. The van der Waals surface area contributed by atoms with Gasteiger partial charge in [-0.25, -0.2) is 0 Å². The van der Waals surface area contributed by atoms with Crippen molar-refractivity contribution in [1.82, 2.24) is 14.6 Å². The van der Waals surface area contributed by atoms with Gasteiger partial charge in [0.1, 0.15) is 5.00 Å². The summed E-state index contributed by atoms with van der Waals surface area (Å²) in [7, 11) is 0. The number of rotatable bonds is 4. The Morgan fingerprint density at radius 3 is 2.56 bits per heavy atom. The molecule has 0 aliphatic carbocycles. The van der Waals surface area contributed by atoms with Crippen LogP contribution in [-0.2, 0) is 6.18 Å². The van der Waals surface area contributed by atoms with Crippen LogP contribution in [0.3, 0.4) is 0 Å². The molecule has 14 heteroatoms. The Hall–Kier alpha value is -3.81. The van der Waals surface area contributed by atoms with Crippen molar-refractivity contribution in [2.24, 2.45) is 0 Å². The maximum absolute atomic E-state index is 13.8. The van der Waals surface area contributed by atoms with Crippen molar-refractivity contribution in [2.45, 2.75) is 19.1 Å². The number of amides is 2. The summed E-state index contributed by atoms with van der Waals surface area (Å²) in [6.45, 7) is 1.07. The summed E-state index contributed by atoms with van der Waals surface area (Å²) in [5.74, 6) is -1.51. The molecule has 0 radical (unpaired) electrons. The maximum Gasteiger partial charge on any atom is 0.417 e. The number of alkyl halides is 4. The molecule has 0 spiro atoms. The van der Waals surface area contributed by atoms with E-state index in [1.807, 2.05) is 0 Å².